The molecule has 0 heterocycles. The molecular weight excluding hydrogens is 352 g/mol. The van der Waals surface area contributed by atoms with Gasteiger partial charge in [0.25, 0.3) is 5.91 Å². The van der Waals surface area contributed by atoms with E-state index in [1.807, 2.05) is 31.2 Å². The third kappa shape index (κ3) is 4.98. The summed E-state index contributed by atoms with van der Waals surface area (Å²) in [6.07, 6.45) is 1.26. The Hall–Kier alpha value is -2.54. The molecule has 2 aromatic rings. The molecule has 0 spiro atoms. The van der Waals surface area contributed by atoms with Crippen LogP contribution >= 0.6 is 0 Å². The number of carbonyl (C=O) groups excluding carboxylic acids is 1. The first kappa shape index (κ1) is 19.8. The van der Waals surface area contributed by atoms with Gasteiger partial charge in [-0.3, -0.25) is 9.10 Å². The first-order valence-corrected chi connectivity index (χ1v) is 10.2. The molecule has 0 saturated heterocycles. The lowest BCUT2D eigenvalue weighted by Gasteiger charge is -2.18. The highest BCUT2D eigenvalue weighted by molar-refractivity contribution is 7.92. The fraction of sp³-hybridized carbons (Fsp3) is 0.316. The number of amides is 1. The minimum Gasteiger partial charge on any atom is -0.481 e. The van der Waals surface area contributed by atoms with Crippen LogP contribution in [-0.2, 0) is 21.2 Å². The summed E-state index contributed by atoms with van der Waals surface area (Å²) in [7, 11) is -1.84. The van der Waals surface area contributed by atoms with Crippen molar-refractivity contribution in [3.05, 3.63) is 54.1 Å². The fourth-order valence-electron chi connectivity index (χ4n) is 2.37. The van der Waals surface area contributed by atoms with Gasteiger partial charge in [-0.05, 0) is 49.2 Å². The number of carbonyl (C=O) groups is 1. The number of nitrogens with zero attached hydrogens (tertiary/aromatic N) is 1. The molecule has 140 valence electrons. The number of hydrogen-bond acceptors (Lipinski definition) is 4. The van der Waals surface area contributed by atoms with Crippen LogP contribution < -0.4 is 14.4 Å². The minimum atomic E-state index is -3.32. The molecule has 0 aromatic heterocycles. The van der Waals surface area contributed by atoms with Crippen LogP contribution in [0.3, 0.4) is 0 Å². The highest BCUT2D eigenvalue weighted by Gasteiger charge is 2.17. The van der Waals surface area contributed by atoms with Gasteiger partial charge in [-0.15, -0.1) is 0 Å². The number of benzene rings is 2. The lowest BCUT2D eigenvalue weighted by molar-refractivity contribution is -0.122. The van der Waals surface area contributed by atoms with E-state index < -0.39 is 16.1 Å². The SMILES string of the molecule is CCc1ccccc1NC(=O)[C@H](C)Oc1ccc(N(C)S(C)(=O)=O)cc1. The molecule has 1 amide bonds. The summed E-state index contributed by atoms with van der Waals surface area (Å²) in [5.41, 5.74) is 2.36. The lowest BCUT2D eigenvalue weighted by Crippen LogP contribution is -2.30. The van der Waals surface area contributed by atoms with E-state index in [-0.39, 0.29) is 5.91 Å². The van der Waals surface area contributed by atoms with Crippen molar-refractivity contribution >= 4 is 27.3 Å². The van der Waals surface area contributed by atoms with E-state index in [1.165, 1.54) is 11.4 Å². The van der Waals surface area contributed by atoms with Crippen molar-refractivity contribution in [1.82, 2.24) is 0 Å². The summed E-state index contributed by atoms with van der Waals surface area (Å²) >= 11 is 0. The molecule has 7 heteroatoms. The van der Waals surface area contributed by atoms with E-state index in [4.69, 9.17) is 4.74 Å². The Balaban J connectivity index is 2.03. The van der Waals surface area contributed by atoms with E-state index in [0.717, 1.165) is 23.9 Å². The molecule has 26 heavy (non-hydrogen) atoms. The molecule has 0 bridgehead atoms. The Morgan fingerprint density at radius 1 is 1.15 bits per heavy atom. The number of ether oxygens (including phenoxy) is 1. The summed E-state index contributed by atoms with van der Waals surface area (Å²) in [5.74, 6) is 0.241. The smallest absolute Gasteiger partial charge is 0.265 e. The molecule has 1 N–H and O–H groups in total. The Kier molecular flexibility index (Phi) is 6.26. The van der Waals surface area contributed by atoms with Gasteiger partial charge in [-0.1, -0.05) is 25.1 Å². The highest BCUT2D eigenvalue weighted by Crippen LogP contribution is 2.21. The largest absolute Gasteiger partial charge is 0.481 e. The van der Waals surface area contributed by atoms with Gasteiger partial charge in [0.2, 0.25) is 10.0 Å². The summed E-state index contributed by atoms with van der Waals surface area (Å²) in [6.45, 7) is 3.69. The minimum absolute atomic E-state index is 0.247. The quantitative estimate of drug-likeness (QED) is 0.806. The van der Waals surface area contributed by atoms with Gasteiger partial charge < -0.3 is 10.1 Å². The third-order valence-corrected chi connectivity index (χ3v) is 5.24. The fourth-order valence-corrected chi connectivity index (χ4v) is 2.87. The van der Waals surface area contributed by atoms with Crippen LogP contribution in [0.5, 0.6) is 5.75 Å². The van der Waals surface area contributed by atoms with E-state index in [0.29, 0.717) is 11.4 Å². The van der Waals surface area contributed by atoms with E-state index >= 15 is 0 Å². The Labute approximate surface area is 154 Å². The standard InChI is InChI=1S/C19H24N2O4S/c1-5-15-8-6-7-9-18(15)20-19(22)14(2)25-17-12-10-16(11-13-17)21(3)26(4,23)24/h6-14H,5H2,1-4H3,(H,20,22)/t14-/m0/s1. The second-order valence-corrected chi connectivity index (χ2v) is 8.00. The number of anilines is 2. The average molecular weight is 376 g/mol. The molecule has 0 aliphatic rings. The molecule has 0 aliphatic heterocycles. The van der Waals surface area contributed by atoms with Crippen molar-refractivity contribution in [2.75, 3.05) is 22.9 Å². The van der Waals surface area contributed by atoms with Crippen molar-refractivity contribution < 1.29 is 17.9 Å². The monoisotopic (exact) mass is 376 g/mol. The van der Waals surface area contributed by atoms with Gasteiger partial charge in [0.15, 0.2) is 6.10 Å². The topological polar surface area (TPSA) is 75.7 Å². The second-order valence-electron chi connectivity index (χ2n) is 5.98. The number of hydrogen-bond donors (Lipinski definition) is 1. The van der Waals surface area contributed by atoms with Crippen LogP contribution in [0.4, 0.5) is 11.4 Å². The van der Waals surface area contributed by atoms with Gasteiger partial charge in [-0.25, -0.2) is 8.42 Å². The normalized spacial score (nSPS) is 12.3. The first-order valence-electron chi connectivity index (χ1n) is 8.31. The predicted molar refractivity (Wildman–Crippen MR) is 104 cm³/mol. The number of sulfonamides is 1. The zero-order valence-electron chi connectivity index (χ0n) is 15.4. The van der Waals surface area contributed by atoms with E-state index in [2.05, 4.69) is 5.32 Å². The van der Waals surface area contributed by atoms with E-state index in [9.17, 15) is 13.2 Å². The van der Waals surface area contributed by atoms with Crippen LogP contribution in [-0.4, -0.2) is 33.7 Å². The summed E-state index contributed by atoms with van der Waals surface area (Å²) in [5, 5.41) is 2.88. The zero-order chi connectivity index (χ0) is 19.3. The van der Waals surface area contributed by atoms with Gasteiger partial charge in [0.1, 0.15) is 5.75 Å². The molecule has 1 atom stereocenters. The van der Waals surface area contributed by atoms with Crippen LogP contribution in [0, 0.1) is 0 Å². The van der Waals surface area contributed by atoms with Crippen molar-refractivity contribution in [2.24, 2.45) is 0 Å². The number of nitrogens with one attached hydrogen (secondary N) is 1. The van der Waals surface area contributed by atoms with Crippen molar-refractivity contribution in [2.45, 2.75) is 26.4 Å². The van der Waals surface area contributed by atoms with Crippen molar-refractivity contribution in [3.63, 3.8) is 0 Å². The maximum Gasteiger partial charge on any atom is 0.265 e. The number of aryl methyl sites for hydroxylation is 1. The Morgan fingerprint density at radius 3 is 2.35 bits per heavy atom. The zero-order valence-corrected chi connectivity index (χ0v) is 16.2. The predicted octanol–water partition coefficient (Wildman–Crippen LogP) is 3.05. The molecule has 0 fully saturated rings. The molecule has 2 aromatic carbocycles. The van der Waals surface area contributed by atoms with Crippen molar-refractivity contribution in [3.8, 4) is 5.75 Å². The molecule has 2 rings (SSSR count). The van der Waals surface area contributed by atoms with Gasteiger partial charge in [0, 0.05) is 12.7 Å². The van der Waals surface area contributed by atoms with Gasteiger partial charge >= 0.3 is 0 Å². The molecular formula is C19H24N2O4S. The third-order valence-electron chi connectivity index (χ3n) is 4.04. The Morgan fingerprint density at radius 2 is 1.77 bits per heavy atom. The van der Waals surface area contributed by atoms with Gasteiger partial charge in [-0.2, -0.15) is 0 Å². The molecule has 0 radical (unpaired) electrons. The first-order chi connectivity index (χ1) is 12.2. The van der Waals surface area contributed by atoms with Crippen LogP contribution in [0.1, 0.15) is 19.4 Å². The second kappa shape index (κ2) is 8.23. The molecule has 6 nitrogen and oxygen atoms in total. The average Bonchev–Trinajstić information content (AvgIpc) is 2.61. The molecule has 0 unspecified atom stereocenters. The highest BCUT2D eigenvalue weighted by atomic mass is 32.2. The summed E-state index contributed by atoms with van der Waals surface area (Å²) in [6, 6.07) is 14.2. The summed E-state index contributed by atoms with van der Waals surface area (Å²) < 4.78 is 29.9. The van der Waals surface area contributed by atoms with Gasteiger partial charge in [0.05, 0.1) is 11.9 Å². The lowest BCUT2D eigenvalue weighted by atomic mass is 10.1. The maximum absolute atomic E-state index is 12.4. The van der Waals surface area contributed by atoms with E-state index in [1.54, 1.807) is 31.2 Å². The van der Waals surface area contributed by atoms with Crippen LogP contribution in [0.25, 0.3) is 0 Å². The van der Waals surface area contributed by atoms with Crippen LogP contribution in [0.15, 0.2) is 48.5 Å². The van der Waals surface area contributed by atoms with Crippen molar-refractivity contribution in [1.29, 1.82) is 0 Å². The molecule has 0 saturated carbocycles. The summed E-state index contributed by atoms with van der Waals surface area (Å²) in [4.78, 5) is 12.4. The molecule has 0 aliphatic carbocycles. The van der Waals surface area contributed by atoms with Crippen LogP contribution in [0.2, 0.25) is 0 Å². The number of para-hydroxylation sites is 1. The maximum atomic E-state index is 12.4. The number of rotatable bonds is 7. The Bertz CT molecular complexity index is 863.